The van der Waals surface area contributed by atoms with Crippen LogP contribution in [0.1, 0.15) is 23.0 Å². The minimum absolute atomic E-state index is 0.0144. The molecule has 0 fully saturated rings. The van der Waals surface area contributed by atoms with Crippen LogP contribution in [0, 0.1) is 11.6 Å². The van der Waals surface area contributed by atoms with Gasteiger partial charge in [0.2, 0.25) is 5.88 Å². The highest BCUT2D eigenvalue weighted by molar-refractivity contribution is 5.95. The van der Waals surface area contributed by atoms with E-state index in [9.17, 15) is 18.4 Å². The Morgan fingerprint density at radius 1 is 1.25 bits per heavy atom. The van der Waals surface area contributed by atoms with Crippen LogP contribution in [0.5, 0.6) is 5.88 Å². The second-order valence-electron chi connectivity index (χ2n) is 5.66. The zero-order valence-electron chi connectivity index (χ0n) is 14.6. The number of nitrogens with one attached hydrogen (secondary N) is 1. The van der Waals surface area contributed by atoms with Crippen molar-refractivity contribution in [3.63, 3.8) is 0 Å². The van der Waals surface area contributed by atoms with Crippen LogP contribution in [0.25, 0.3) is 10.9 Å². The predicted octanol–water partition coefficient (Wildman–Crippen LogP) is 3.02. The number of pyridine rings is 1. The van der Waals surface area contributed by atoms with E-state index in [1.54, 1.807) is 6.92 Å². The number of carbonyl (C=O) groups excluding carboxylic acids is 2. The zero-order chi connectivity index (χ0) is 20.3. The maximum absolute atomic E-state index is 14.1. The Balaban J connectivity index is 2.07. The average Bonchev–Trinajstić information content (AvgIpc) is 2.99. The highest BCUT2D eigenvalue weighted by atomic mass is 19.1. The summed E-state index contributed by atoms with van der Waals surface area (Å²) in [6.07, 6.45) is 0.340. The molecule has 28 heavy (non-hydrogen) atoms. The van der Waals surface area contributed by atoms with Crippen LogP contribution in [0.3, 0.4) is 0 Å². The molecule has 3 aromatic rings. The normalized spacial score (nSPS) is 10.7. The van der Waals surface area contributed by atoms with E-state index in [1.165, 1.54) is 34.4 Å². The molecule has 0 saturated carbocycles. The second kappa shape index (κ2) is 8.01. The van der Waals surface area contributed by atoms with Gasteiger partial charge in [0, 0.05) is 23.1 Å². The molecule has 0 saturated heterocycles. The molecule has 0 aliphatic rings. The van der Waals surface area contributed by atoms with Crippen molar-refractivity contribution < 1.29 is 33.1 Å². The van der Waals surface area contributed by atoms with E-state index in [2.05, 4.69) is 4.98 Å². The Morgan fingerprint density at radius 2 is 2.04 bits per heavy atom. The molecule has 2 heterocycles. The van der Waals surface area contributed by atoms with Gasteiger partial charge in [0.1, 0.15) is 17.3 Å². The number of amides is 1. The molecule has 8 nitrogen and oxygen atoms in total. The van der Waals surface area contributed by atoms with Crippen molar-refractivity contribution in [2.75, 3.05) is 6.61 Å². The molecular weight excluding hydrogens is 376 g/mol. The third-order valence-corrected chi connectivity index (χ3v) is 3.88. The molecule has 0 aliphatic heterocycles. The van der Waals surface area contributed by atoms with Crippen LogP contribution in [0.4, 0.5) is 13.6 Å². The Kier molecular flexibility index (Phi) is 5.50. The van der Waals surface area contributed by atoms with E-state index in [0.717, 1.165) is 12.1 Å². The molecule has 0 radical (unpaired) electrons. The minimum Gasteiger partial charge on any atom is -0.434 e. The van der Waals surface area contributed by atoms with Crippen LogP contribution >= 0.6 is 0 Å². The number of hydroxylamine groups is 1. The van der Waals surface area contributed by atoms with Gasteiger partial charge in [-0.3, -0.25) is 10.0 Å². The number of rotatable bonds is 5. The number of halogens is 2. The number of hydrogen-bond acceptors (Lipinski definition) is 6. The van der Waals surface area contributed by atoms with Crippen LogP contribution in [0.2, 0.25) is 0 Å². The van der Waals surface area contributed by atoms with Gasteiger partial charge in [-0.15, -0.1) is 0 Å². The molecule has 0 unspecified atom stereocenters. The molecule has 2 N–H and O–H groups in total. The molecule has 0 aliphatic carbocycles. The molecule has 0 atom stereocenters. The lowest BCUT2D eigenvalue weighted by atomic mass is 10.2. The quantitative estimate of drug-likeness (QED) is 0.394. The Hall–Kier alpha value is -3.53. The number of fused-ring (bicyclic) bond motifs is 1. The summed E-state index contributed by atoms with van der Waals surface area (Å²) in [6, 6.07) is 5.92. The van der Waals surface area contributed by atoms with E-state index in [0.29, 0.717) is 10.9 Å². The third kappa shape index (κ3) is 3.91. The van der Waals surface area contributed by atoms with Gasteiger partial charge in [0.25, 0.3) is 5.91 Å². The molecule has 0 spiro atoms. The van der Waals surface area contributed by atoms with E-state index in [4.69, 9.17) is 14.7 Å². The van der Waals surface area contributed by atoms with E-state index >= 15 is 0 Å². The monoisotopic (exact) mass is 391 g/mol. The van der Waals surface area contributed by atoms with Crippen LogP contribution in [0.15, 0.2) is 36.5 Å². The van der Waals surface area contributed by atoms with Gasteiger partial charge >= 0.3 is 6.16 Å². The summed E-state index contributed by atoms with van der Waals surface area (Å²) >= 11 is 0. The van der Waals surface area contributed by atoms with Gasteiger partial charge in [0.05, 0.1) is 24.9 Å². The summed E-state index contributed by atoms with van der Waals surface area (Å²) in [4.78, 5) is 27.2. The molecule has 2 aromatic heterocycles. The topological polar surface area (TPSA) is 103 Å². The standard InChI is InChI=1S/C18H15F2N3O5/c1-2-27-18(25)28-16-6-11-5-14(17(24)22-26)21-8-15(11)23(16)9-10-3-4-12(19)7-13(10)20/h3-8,26H,2,9H2,1H3,(H,22,24). The first-order chi connectivity index (χ1) is 13.4. The van der Waals surface area contributed by atoms with Crippen molar-refractivity contribution in [2.24, 2.45) is 0 Å². The third-order valence-electron chi connectivity index (χ3n) is 3.88. The predicted molar refractivity (Wildman–Crippen MR) is 92.1 cm³/mol. The number of ether oxygens (including phenoxy) is 2. The maximum Gasteiger partial charge on any atom is 0.515 e. The van der Waals surface area contributed by atoms with Crippen molar-refractivity contribution in [3.8, 4) is 5.88 Å². The summed E-state index contributed by atoms with van der Waals surface area (Å²) in [7, 11) is 0. The Labute approximate surface area is 157 Å². The first kappa shape index (κ1) is 19.2. The van der Waals surface area contributed by atoms with Crippen molar-refractivity contribution >= 4 is 23.0 Å². The van der Waals surface area contributed by atoms with Gasteiger partial charge < -0.3 is 14.0 Å². The Morgan fingerprint density at radius 3 is 2.71 bits per heavy atom. The van der Waals surface area contributed by atoms with Crippen molar-refractivity contribution in [1.82, 2.24) is 15.0 Å². The van der Waals surface area contributed by atoms with Gasteiger partial charge in [-0.2, -0.15) is 0 Å². The fourth-order valence-electron chi connectivity index (χ4n) is 2.62. The summed E-state index contributed by atoms with van der Waals surface area (Å²) in [5.74, 6) is -2.30. The van der Waals surface area contributed by atoms with Gasteiger partial charge in [0.15, 0.2) is 0 Å². The highest BCUT2D eigenvalue weighted by Gasteiger charge is 2.18. The summed E-state index contributed by atoms with van der Waals surface area (Å²) in [6.45, 7) is 1.60. The van der Waals surface area contributed by atoms with Crippen LogP contribution in [-0.4, -0.2) is 33.4 Å². The lowest BCUT2D eigenvalue weighted by Crippen LogP contribution is -2.19. The Bertz CT molecular complexity index is 1050. The maximum atomic E-state index is 14.1. The molecule has 0 bridgehead atoms. The number of benzene rings is 1. The van der Waals surface area contributed by atoms with E-state index < -0.39 is 23.7 Å². The molecule has 1 amide bonds. The first-order valence-corrected chi connectivity index (χ1v) is 8.15. The number of carbonyl (C=O) groups is 2. The van der Waals surface area contributed by atoms with Crippen LogP contribution < -0.4 is 10.2 Å². The van der Waals surface area contributed by atoms with E-state index in [-0.39, 0.29) is 30.3 Å². The van der Waals surface area contributed by atoms with Gasteiger partial charge in [-0.05, 0) is 19.1 Å². The van der Waals surface area contributed by atoms with E-state index in [1.807, 2.05) is 0 Å². The largest absolute Gasteiger partial charge is 0.515 e. The molecular formula is C18H15F2N3O5. The van der Waals surface area contributed by atoms with Crippen LogP contribution in [-0.2, 0) is 11.3 Å². The smallest absolute Gasteiger partial charge is 0.434 e. The number of nitrogens with zero attached hydrogens (tertiary/aromatic N) is 2. The molecule has 146 valence electrons. The fourth-order valence-corrected chi connectivity index (χ4v) is 2.62. The highest BCUT2D eigenvalue weighted by Crippen LogP contribution is 2.28. The minimum atomic E-state index is -0.965. The summed E-state index contributed by atoms with van der Waals surface area (Å²) in [5, 5.41) is 9.18. The lowest BCUT2D eigenvalue weighted by molar-refractivity contribution is 0.0701. The number of aromatic nitrogens is 2. The zero-order valence-corrected chi connectivity index (χ0v) is 14.6. The molecule has 1 aromatic carbocycles. The second-order valence-corrected chi connectivity index (χ2v) is 5.66. The molecule has 3 rings (SSSR count). The van der Waals surface area contributed by atoms with Gasteiger partial charge in [-0.1, -0.05) is 6.07 Å². The summed E-state index contributed by atoms with van der Waals surface area (Å²) in [5.41, 5.74) is 1.95. The van der Waals surface area contributed by atoms with Crippen molar-refractivity contribution in [1.29, 1.82) is 0 Å². The number of hydrogen-bond donors (Lipinski definition) is 2. The average molecular weight is 391 g/mol. The lowest BCUT2D eigenvalue weighted by Gasteiger charge is -2.11. The molecule has 10 heteroatoms. The van der Waals surface area contributed by atoms with Gasteiger partial charge in [-0.25, -0.2) is 24.0 Å². The summed E-state index contributed by atoms with van der Waals surface area (Å²) < 4.78 is 38.6. The van der Waals surface area contributed by atoms with Crippen molar-refractivity contribution in [3.05, 3.63) is 59.4 Å². The first-order valence-electron chi connectivity index (χ1n) is 8.15. The fraction of sp³-hybridized carbons (Fsp3) is 0.167. The van der Waals surface area contributed by atoms with Crippen molar-refractivity contribution in [2.45, 2.75) is 13.5 Å². The SMILES string of the molecule is CCOC(=O)Oc1cc2cc(C(=O)NO)ncc2n1Cc1ccc(F)cc1F.